The second-order valence-corrected chi connectivity index (χ2v) is 10.0. The molecule has 0 aliphatic carbocycles. The van der Waals surface area contributed by atoms with Crippen LogP contribution in [0.25, 0.3) is 11.1 Å². The molecule has 2 amide bonds. The van der Waals surface area contributed by atoms with E-state index in [9.17, 15) is 27.5 Å². The SMILES string of the molecule is CS(=O)(=O)NC(=O)c1ccc(N2CCN(C(=O)c3ccc(-c4cccc(O)c4)c(F)c3)CC2)cc1. The van der Waals surface area contributed by atoms with Crippen LogP contribution in [0.15, 0.2) is 66.7 Å². The first-order chi connectivity index (χ1) is 16.6. The number of hydrogen-bond donors (Lipinski definition) is 2. The van der Waals surface area contributed by atoms with E-state index in [2.05, 4.69) is 0 Å². The number of piperazine rings is 1. The quantitative estimate of drug-likeness (QED) is 0.562. The molecule has 1 heterocycles. The van der Waals surface area contributed by atoms with E-state index in [1.54, 1.807) is 47.4 Å². The zero-order chi connectivity index (χ0) is 25.2. The van der Waals surface area contributed by atoms with Crippen molar-refractivity contribution in [2.24, 2.45) is 0 Å². The smallest absolute Gasteiger partial charge is 0.264 e. The lowest BCUT2D eigenvalue weighted by Crippen LogP contribution is -2.48. The fourth-order valence-corrected chi connectivity index (χ4v) is 4.41. The molecule has 35 heavy (non-hydrogen) atoms. The molecule has 0 atom stereocenters. The number of nitrogens with zero attached hydrogens (tertiary/aromatic N) is 2. The summed E-state index contributed by atoms with van der Waals surface area (Å²) in [6, 6.07) is 17.2. The number of phenols is 1. The Labute approximate surface area is 202 Å². The summed E-state index contributed by atoms with van der Waals surface area (Å²) in [4.78, 5) is 28.6. The number of phenolic OH excluding ortho intramolecular Hbond substituents is 1. The van der Waals surface area contributed by atoms with Gasteiger partial charge in [-0.1, -0.05) is 18.2 Å². The molecule has 0 saturated carbocycles. The third-order valence-corrected chi connectivity index (χ3v) is 6.27. The van der Waals surface area contributed by atoms with E-state index in [1.807, 2.05) is 9.62 Å². The second kappa shape index (κ2) is 9.75. The van der Waals surface area contributed by atoms with E-state index < -0.39 is 21.7 Å². The minimum absolute atomic E-state index is 0.0340. The Bertz CT molecular complexity index is 1370. The molecule has 4 rings (SSSR count). The molecule has 0 spiro atoms. The highest BCUT2D eigenvalue weighted by Crippen LogP contribution is 2.27. The summed E-state index contributed by atoms with van der Waals surface area (Å²) in [5.41, 5.74) is 2.14. The molecule has 10 heteroatoms. The summed E-state index contributed by atoms with van der Waals surface area (Å²) < 4.78 is 39.1. The zero-order valence-corrected chi connectivity index (χ0v) is 19.8. The Kier molecular flexibility index (Phi) is 6.74. The van der Waals surface area contributed by atoms with Crippen LogP contribution in [0, 0.1) is 5.82 Å². The molecule has 3 aromatic rings. The van der Waals surface area contributed by atoms with E-state index in [0.29, 0.717) is 37.3 Å². The topological polar surface area (TPSA) is 107 Å². The minimum atomic E-state index is -3.64. The van der Waals surface area contributed by atoms with Gasteiger partial charge in [-0.3, -0.25) is 9.59 Å². The summed E-state index contributed by atoms with van der Waals surface area (Å²) in [6.07, 6.45) is 0.914. The van der Waals surface area contributed by atoms with E-state index in [-0.39, 0.29) is 22.8 Å². The average Bonchev–Trinajstić information content (AvgIpc) is 2.82. The Balaban J connectivity index is 1.38. The molecule has 0 aromatic heterocycles. The van der Waals surface area contributed by atoms with Crippen LogP contribution in [-0.2, 0) is 10.0 Å². The number of carbonyl (C=O) groups is 2. The zero-order valence-electron chi connectivity index (χ0n) is 18.9. The summed E-state index contributed by atoms with van der Waals surface area (Å²) in [5, 5.41) is 9.63. The van der Waals surface area contributed by atoms with Gasteiger partial charge in [0.05, 0.1) is 6.26 Å². The second-order valence-electron chi connectivity index (χ2n) is 8.27. The van der Waals surface area contributed by atoms with Gasteiger partial charge in [0.2, 0.25) is 10.0 Å². The average molecular weight is 498 g/mol. The predicted molar refractivity (Wildman–Crippen MR) is 130 cm³/mol. The van der Waals surface area contributed by atoms with Gasteiger partial charge in [-0.25, -0.2) is 17.5 Å². The van der Waals surface area contributed by atoms with Crippen molar-refractivity contribution in [1.29, 1.82) is 0 Å². The molecular formula is C25H24FN3O5S. The number of aromatic hydroxyl groups is 1. The fraction of sp³-hybridized carbons (Fsp3) is 0.200. The van der Waals surface area contributed by atoms with E-state index in [1.165, 1.54) is 24.3 Å². The first-order valence-corrected chi connectivity index (χ1v) is 12.8. The van der Waals surface area contributed by atoms with Crippen LogP contribution in [0.2, 0.25) is 0 Å². The van der Waals surface area contributed by atoms with E-state index >= 15 is 0 Å². The van der Waals surface area contributed by atoms with Crippen LogP contribution >= 0.6 is 0 Å². The maximum atomic E-state index is 14.7. The number of anilines is 1. The number of hydrogen-bond acceptors (Lipinski definition) is 6. The van der Waals surface area contributed by atoms with Crippen molar-refractivity contribution in [2.45, 2.75) is 0 Å². The van der Waals surface area contributed by atoms with Crippen molar-refractivity contribution >= 4 is 27.5 Å². The lowest BCUT2D eigenvalue weighted by molar-refractivity contribution is 0.0746. The number of halogens is 1. The van der Waals surface area contributed by atoms with Crippen LogP contribution in [-0.4, -0.2) is 62.7 Å². The maximum Gasteiger partial charge on any atom is 0.264 e. The highest BCUT2D eigenvalue weighted by Gasteiger charge is 2.23. The molecular weight excluding hydrogens is 473 g/mol. The number of benzene rings is 3. The third kappa shape index (κ3) is 5.78. The van der Waals surface area contributed by atoms with Gasteiger partial charge in [0.25, 0.3) is 11.8 Å². The van der Waals surface area contributed by atoms with Gasteiger partial charge in [-0.15, -0.1) is 0 Å². The van der Waals surface area contributed by atoms with Crippen LogP contribution in [0.4, 0.5) is 10.1 Å². The van der Waals surface area contributed by atoms with Crippen LogP contribution in [0.1, 0.15) is 20.7 Å². The molecule has 8 nitrogen and oxygen atoms in total. The Morgan fingerprint density at radius 1 is 0.914 bits per heavy atom. The number of carbonyl (C=O) groups excluding carboxylic acids is 2. The fourth-order valence-electron chi connectivity index (χ4n) is 3.96. The van der Waals surface area contributed by atoms with Gasteiger partial charge in [-0.2, -0.15) is 0 Å². The highest BCUT2D eigenvalue weighted by molar-refractivity contribution is 7.89. The summed E-state index contributed by atoms with van der Waals surface area (Å²) in [7, 11) is -3.64. The molecule has 1 fully saturated rings. The van der Waals surface area contributed by atoms with Crippen molar-refractivity contribution in [3.05, 3.63) is 83.7 Å². The Morgan fingerprint density at radius 3 is 2.17 bits per heavy atom. The van der Waals surface area contributed by atoms with Crippen LogP contribution in [0.5, 0.6) is 5.75 Å². The number of nitrogens with one attached hydrogen (secondary N) is 1. The summed E-state index contributed by atoms with van der Waals surface area (Å²) >= 11 is 0. The maximum absolute atomic E-state index is 14.7. The lowest BCUT2D eigenvalue weighted by atomic mass is 10.0. The van der Waals surface area contributed by atoms with Gasteiger partial charge < -0.3 is 14.9 Å². The Hall–Kier alpha value is -3.92. The van der Waals surface area contributed by atoms with Crippen LogP contribution < -0.4 is 9.62 Å². The summed E-state index contributed by atoms with van der Waals surface area (Å²) in [5.74, 6) is -1.47. The van der Waals surface area contributed by atoms with E-state index in [4.69, 9.17) is 0 Å². The minimum Gasteiger partial charge on any atom is -0.508 e. The highest BCUT2D eigenvalue weighted by atomic mass is 32.2. The first-order valence-electron chi connectivity index (χ1n) is 10.9. The molecule has 0 bridgehead atoms. The number of sulfonamides is 1. The van der Waals surface area contributed by atoms with Gasteiger partial charge in [0, 0.05) is 48.6 Å². The summed E-state index contributed by atoms with van der Waals surface area (Å²) in [6.45, 7) is 1.96. The monoisotopic (exact) mass is 497 g/mol. The Morgan fingerprint density at radius 2 is 1.57 bits per heavy atom. The van der Waals surface area contributed by atoms with Gasteiger partial charge in [-0.05, 0) is 54.1 Å². The van der Waals surface area contributed by atoms with Crippen molar-refractivity contribution in [3.8, 4) is 16.9 Å². The van der Waals surface area contributed by atoms with E-state index in [0.717, 1.165) is 11.9 Å². The molecule has 1 saturated heterocycles. The van der Waals surface area contributed by atoms with Crippen molar-refractivity contribution in [1.82, 2.24) is 9.62 Å². The molecule has 3 aromatic carbocycles. The van der Waals surface area contributed by atoms with Gasteiger partial charge in [0.1, 0.15) is 11.6 Å². The van der Waals surface area contributed by atoms with Gasteiger partial charge >= 0.3 is 0 Å². The molecule has 2 N–H and O–H groups in total. The third-order valence-electron chi connectivity index (χ3n) is 5.71. The first kappa shape index (κ1) is 24.2. The van der Waals surface area contributed by atoms with Crippen molar-refractivity contribution in [2.75, 3.05) is 37.3 Å². The standard InChI is InChI=1S/C25H24FN3O5S/c1-35(33,34)27-24(31)17-5-8-20(9-6-17)28-11-13-29(14-12-28)25(32)19-7-10-22(23(26)16-19)18-3-2-4-21(30)15-18/h2-10,15-16,30H,11-14H2,1H3,(H,27,31). The normalized spacial score (nSPS) is 14.0. The molecule has 182 valence electrons. The molecule has 1 aliphatic heterocycles. The molecule has 0 unspecified atom stereocenters. The van der Waals surface area contributed by atoms with Crippen molar-refractivity contribution in [3.63, 3.8) is 0 Å². The largest absolute Gasteiger partial charge is 0.508 e. The predicted octanol–water partition coefficient (Wildman–Crippen LogP) is 2.85. The number of amides is 2. The van der Waals surface area contributed by atoms with Crippen LogP contribution in [0.3, 0.4) is 0 Å². The molecule has 1 aliphatic rings. The number of rotatable bonds is 5. The lowest BCUT2D eigenvalue weighted by Gasteiger charge is -2.36. The van der Waals surface area contributed by atoms with Crippen molar-refractivity contribution < 1.29 is 27.5 Å². The van der Waals surface area contributed by atoms with Gasteiger partial charge in [0.15, 0.2) is 0 Å². The molecule has 0 radical (unpaired) electrons.